The number of rotatable bonds is 2. The van der Waals surface area contributed by atoms with Crippen LogP contribution in [0.3, 0.4) is 0 Å². The standard InChI is InChI=1S/C8H18S2/c1-7-10(5,6)9-8(2,3)4/h7H,1H2,2-6H3. The van der Waals surface area contributed by atoms with Gasteiger partial charge < -0.3 is 0 Å². The van der Waals surface area contributed by atoms with E-state index in [-0.39, 0.29) is 0 Å². The first-order valence-corrected chi connectivity index (χ1v) is 7.18. The predicted octanol–water partition coefficient (Wildman–Crippen LogP) is 3.64. The maximum Gasteiger partial charge on any atom is 0.0167 e. The van der Waals surface area contributed by atoms with E-state index in [1.165, 1.54) is 0 Å². The van der Waals surface area contributed by atoms with Gasteiger partial charge >= 0.3 is 0 Å². The molecule has 0 fully saturated rings. The molecule has 0 radical (unpaired) electrons. The van der Waals surface area contributed by atoms with Gasteiger partial charge in [-0.25, -0.2) is 0 Å². The van der Waals surface area contributed by atoms with E-state index < -0.39 is 9.06 Å². The Morgan fingerprint density at radius 1 is 1.30 bits per heavy atom. The van der Waals surface area contributed by atoms with E-state index >= 15 is 0 Å². The van der Waals surface area contributed by atoms with Crippen molar-refractivity contribution in [3.05, 3.63) is 12.0 Å². The van der Waals surface area contributed by atoms with Gasteiger partial charge in [0.25, 0.3) is 0 Å². The Hall–Kier alpha value is 0.440. The molecule has 0 aliphatic heterocycles. The molecular weight excluding hydrogens is 160 g/mol. The summed E-state index contributed by atoms with van der Waals surface area (Å²) in [6.45, 7) is 10.6. The molecule has 0 aromatic carbocycles. The second kappa shape index (κ2) is 3.22. The van der Waals surface area contributed by atoms with Gasteiger partial charge in [0.05, 0.1) is 0 Å². The lowest BCUT2D eigenvalue weighted by Crippen LogP contribution is -2.08. The fourth-order valence-corrected chi connectivity index (χ4v) is 6.11. The van der Waals surface area contributed by atoms with Crippen molar-refractivity contribution in [2.45, 2.75) is 25.5 Å². The van der Waals surface area contributed by atoms with Crippen LogP contribution in [-0.4, -0.2) is 17.3 Å². The Bertz CT molecular complexity index is 120. The van der Waals surface area contributed by atoms with Gasteiger partial charge in [-0.3, -0.25) is 0 Å². The van der Waals surface area contributed by atoms with Crippen LogP contribution < -0.4 is 0 Å². The van der Waals surface area contributed by atoms with Crippen LogP contribution in [0.1, 0.15) is 20.8 Å². The largest absolute Gasteiger partial charge is 0.178 e. The summed E-state index contributed by atoms with van der Waals surface area (Å²) in [5.41, 5.74) is 0. The summed E-state index contributed by atoms with van der Waals surface area (Å²) in [5, 5.41) is 2.09. The van der Waals surface area contributed by atoms with Gasteiger partial charge in [0.2, 0.25) is 0 Å². The quantitative estimate of drug-likeness (QED) is 0.582. The Balaban J connectivity index is 4.01. The predicted molar refractivity (Wildman–Crippen MR) is 57.0 cm³/mol. The summed E-state index contributed by atoms with van der Waals surface area (Å²) in [6.07, 6.45) is 4.55. The summed E-state index contributed by atoms with van der Waals surface area (Å²) in [6, 6.07) is 0. The molecule has 0 aromatic heterocycles. The molecule has 0 atom stereocenters. The van der Waals surface area contributed by atoms with Crippen molar-refractivity contribution in [2.24, 2.45) is 0 Å². The Kier molecular flexibility index (Phi) is 3.37. The SMILES string of the molecule is C=CS(C)(C)SC(C)(C)C. The van der Waals surface area contributed by atoms with Gasteiger partial charge in [-0.2, -0.15) is 9.06 Å². The highest BCUT2D eigenvalue weighted by Gasteiger charge is 2.18. The van der Waals surface area contributed by atoms with Gasteiger partial charge in [-0.15, -0.1) is 10.8 Å². The van der Waals surface area contributed by atoms with Gasteiger partial charge in [0.15, 0.2) is 0 Å². The van der Waals surface area contributed by atoms with Crippen LogP contribution >= 0.6 is 19.9 Å². The lowest BCUT2D eigenvalue weighted by atomic mass is 10.3. The van der Waals surface area contributed by atoms with Crippen LogP contribution in [0.2, 0.25) is 0 Å². The highest BCUT2D eigenvalue weighted by atomic mass is 33.2. The van der Waals surface area contributed by atoms with E-state index in [1.54, 1.807) is 0 Å². The summed E-state index contributed by atoms with van der Waals surface area (Å²) in [4.78, 5) is 0. The zero-order valence-corrected chi connectivity index (χ0v) is 9.23. The number of hydrogen-bond donors (Lipinski definition) is 0. The van der Waals surface area contributed by atoms with E-state index in [0.717, 1.165) is 0 Å². The lowest BCUT2D eigenvalue weighted by molar-refractivity contribution is 0.810. The van der Waals surface area contributed by atoms with Gasteiger partial charge in [-0.05, 0) is 17.9 Å². The third kappa shape index (κ3) is 5.24. The van der Waals surface area contributed by atoms with Crippen LogP contribution in [0.25, 0.3) is 0 Å². The molecule has 2 heteroatoms. The fraction of sp³-hybridized carbons (Fsp3) is 0.750. The molecular formula is C8H18S2. The third-order valence-corrected chi connectivity index (χ3v) is 5.80. The molecule has 0 nitrogen and oxygen atoms in total. The summed E-state index contributed by atoms with van der Waals surface area (Å²) < 4.78 is 0.368. The van der Waals surface area contributed by atoms with Crippen molar-refractivity contribution in [1.29, 1.82) is 0 Å². The molecule has 0 bridgehead atoms. The van der Waals surface area contributed by atoms with Gasteiger partial charge in [-0.1, -0.05) is 27.4 Å². The van der Waals surface area contributed by atoms with E-state index in [0.29, 0.717) is 4.75 Å². The summed E-state index contributed by atoms with van der Waals surface area (Å²) in [7, 11) is 1.43. The van der Waals surface area contributed by atoms with Crippen molar-refractivity contribution in [3.8, 4) is 0 Å². The second-order valence-electron chi connectivity index (χ2n) is 3.67. The molecule has 0 unspecified atom stereocenters. The first-order valence-electron chi connectivity index (χ1n) is 3.33. The van der Waals surface area contributed by atoms with Crippen LogP contribution in [0.5, 0.6) is 0 Å². The van der Waals surface area contributed by atoms with Gasteiger partial charge in [0, 0.05) is 4.75 Å². The number of hydrogen-bond acceptors (Lipinski definition) is 1. The first kappa shape index (κ1) is 10.4. The summed E-state index contributed by atoms with van der Waals surface area (Å²) in [5.74, 6) is 0. The zero-order valence-electron chi connectivity index (χ0n) is 7.60. The van der Waals surface area contributed by atoms with E-state index in [4.69, 9.17) is 0 Å². The Morgan fingerprint density at radius 2 is 1.70 bits per heavy atom. The molecule has 0 aliphatic carbocycles. The molecule has 10 heavy (non-hydrogen) atoms. The maximum absolute atomic E-state index is 3.83. The average molecular weight is 178 g/mol. The highest BCUT2D eigenvalue weighted by Crippen LogP contribution is 2.59. The molecule has 0 saturated carbocycles. The van der Waals surface area contributed by atoms with E-state index in [9.17, 15) is 0 Å². The van der Waals surface area contributed by atoms with Crippen molar-refractivity contribution >= 4 is 19.9 Å². The second-order valence-corrected chi connectivity index (χ2v) is 11.1. The Morgan fingerprint density at radius 3 is 1.80 bits per heavy atom. The Labute approximate surface area is 70.2 Å². The molecule has 0 N–H and O–H groups in total. The normalized spacial score (nSPS) is 14.9. The molecule has 0 rings (SSSR count). The van der Waals surface area contributed by atoms with Crippen LogP contribution in [0, 0.1) is 0 Å². The third-order valence-electron chi connectivity index (χ3n) is 0.866. The minimum Gasteiger partial charge on any atom is -0.178 e. The van der Waals surface area contributed by atoms with Crippen molar-refractivity contribution < 1.29 is 0 Å². The van der Waals surface area contributed by atoms with Crippen LogP contribution in [0.4, 0.5) is 0 Å². The van der Waals surface area contributed by atoms with Crippen LogP contribution in [-0.2, 0) is 0 Å². The molecule has 0 amide bonds. The van der Waals surface area contributed by atoms with E-state index in [1.807, 2.05) is 10.8 Å². The summed E-state index contributed by atoms with van der Waals surface area (Å²) >= 11 is 0. The fourth-order valence-electron chi connectivity index (χ4n) is 0.678. The molecule has 0 aromatic rings. The monoisotopic (exact) mass is 178 g/mol. The molecule has 0 heterocycles. The zero-order chi connectivity index (χ0) is 8.41. The molecule has 62 valence electrons. The molecule has 0 saturated heterocycles. The van der Waals surface area contributed by atoms with E-state index in [2.05, 4.69) is 45.3 Å². The first-order chi connectivity index (χ1) is 4.27. The van der Waals surface area contributed by atoms with Crippen molar-refractivity contribution in [2.75, 3.05) is 12.5 Å². The highest BCUT2D eigenvalue weighted by molar-refractivity contribution is 8.95. The van der Waals surface area contributed by atoms with Crippen LogP contribution in [0.15, 0.2) is 12.0 Å². The average Bonchev–Trinajstić information content (AvgIpc) is 1.60. The minimum absolute atomic E-state index is 0.368. The maximum atomic E-state index is 3.83. The topological polar surface area (TPSA) is 0 Å². The van der Waals surface area contributed by atoms with Gasteiger partial charge in [0.1, 0.15) is 0 Å². The molecule has 0 spiro atoms. The van der Waals surface area contributed by atoms with Crippen molar-refractivity contribution in [3.63, 3.8) is 0 Å². The minimum atomic E-state index is -0.597. The lowest BCUT2D eigenvalue weighted by Gasteiger charge is -2.33. The smallest absolute Gasteiger partial charge is 0.0167 e. The van der Waals surface area contributed by atoms with Crippen molar-refractivity contribution in [1.82, 2.24) is 0 Å². The molecule has 0 aliphatic rings.